The molecule has 0 bridgehead atoms. The molecule has 1 aliphatic heterocycles. The molecule has 1 aliphatic rings. The van der Waals surface area contributed by atoms with E-state index in [9.17, 15) is 13.2 Å². The normalized spacial score (nSPS) is 15.9. The summed E-state index contributed by atoms with van der Waals surface area (Å²) in [5.41, 5.74) is -0.991. The first-order valence-corrected chi connectivity index (χ1v) is 4.91. The number of rotatable bonds is 1. The highest BCUT2D eigenvalue weighted by molar-refractivity contribution is 6.34. The number of ether oxygens (including phenoxy) is 1. The lowest BCUT2D eigenvalue weighted by Crippen LogP contribution is -2.14. The second kappa shape index (κ2) is 3.97. The van der Waals surface area contributed by atoms with Crippen molar-refractivity contribution >= 4 is 17.5 Å². The minimum absolute atomic E-state index is 0.00419. The van der Waals surface area contributed by atoms with E-state index in [0.717, 1.165) is 6.07 Å². The Bertz CT molecular complexity index is 442. The van der Waals surface area contributed by atoms with Gasteiger partial charge in [-0.3, -0.25) is 0 Å². The lowest BCUT2D eigenvalue weighted by molar-refractivity contribution is -0.137. The highest BCUT2D eigenvalue weighted by Crippen LogP contribution is 2.35. The van der Waals surface area contributed by atoms with Crippen LogP contribution in [0.25, 0.3) is 0 Å². The Labute approximate surface area is 94.7 Å². The Morgan fingerprint density at radius 1 is 1.31 bits per heavy atom. The summed E-state index contributed by atoms with van der Waals surface area (Å²) < 4.78 is 43.2. The highest BCUT2D eigenvalue weighted by Gasteiger charge is 2.36. The van der Waals surface area contributed by atoms with Gasteiger partial charge in [0.25, 0.3) is 0 Å². The largest absolute Gasteiger partial charge is 0.475 e. The van der Waals surface area contributed by atoms with E-state index in [-0.39, 0.29) is 23.1 Å². The van der Waals surface area contributed by atoms with E-state index in [1.54, 1.807) is 0 Å². The number of aliphatic imine (C=N–C) groups is 1. The van der Waals surface area contributed by atoms with E-state index in [1.165, 1.54) is 12.1 Å². The zero-order valence-corrected chi connectivity index (χ0v) is 8.77. The Morgan fingerprint density at radius 3 is 2.62 bits per heavy atom. The molecule has 0 saturated heterocycles. The van der Waals surface area contributed by atoms with Gasteiger partial charge >= 0.3 is 6.18 Å². The zero-order chi connectivity index (χ0) is 11.8. The molecule has 1 aromatic rings. The van der Waals surface area contributed by atoms with Crippen LogP contribution >= 0.6 is 11.6 Å². The van der Waals surface area contributed by atoms with Crippen LogP contribution in [0.5, 0.6) is 0 Å². The monoisotopic (exact) mass is 249 g/mol. The standard InChI is InChI=1S/C10H7ClF3NO/c11-7-3-1-2-6(10(12,13)14)8(7)9-15-4-5-16-9/h1-3H,4-5H2. The lowest BCUT2D eigenvalue weighted by Gasteiger charge is -2.13. The van der Waals surface area contributed by atoms with Crippen LogP contribution in [0, 0.1) is 0 Å². The van der Waals surface area contributed by atoms with Gasteiger partial charge in [-0.05, 0) is 12.1 Å². The van der Waals surface area contributed by atoms with Crippen molar-refractivity contribution in [1.82, 2.24) is 0 Å². The molecular weight excluding hydrogens is 243 g/mol. The van der Waals surface area contributed by atoms with Gasteiger partial charge in [0.05, 0.1) is 22.7 Å². The van der Waals surface area contributed by atoms with E-state index < -0.39 is 11.7 Å². The van der Waals surface area contributed by atoms with Gasteiger partial charge < -0.3 is 4.74 Å². The second-order valence-corrected chi connectivity index (χ2v) is 3.60. The molecule has 0 saturated carbocycles. The van der Waals surface area contributed by atoms with Gasteiger partial charge in [0, 0.05) is 0 Å². The molecule has 86 valence electrons. The molecule has 1 heterocycles. The molecule has 0 unspecified atom stereocenters. The van der Waals surface area contributed by atoms with Gasteiger partial charge in [0.1, 0.15) is 6.61 Å². The van der Waals surface area contributed by atoms with Crippen LogP contribution in [-0.2, 0) is 10.9 Å². The van der Waals surface area contributed by atoms with E-state index in [2.05, 4.69) is 4.99 Å². The van der Waals surface area contributed by atoms with Crippen LogP contribution in [0.2, 0.25) is 5.02 Å². The minimum Gasteiger partial charge on any atom is -0.475 e. The van der Waals surface area contributed by atoms with Crippen LogP contribution in [0.15, 0.2) is 23.2 Å². The SMILES string of the molecule is FC(F)(F)c1cccc(Cl)c1C1=NCCO1. The van der Waals surface area contributed by atoms with Gasteiger partial charge in [0.15, 0.2) is 0 Å². The average Bonchev–Trinajstić information content (AvgIpc) is 2.68. The van der Waals surface area contributed by atoms with Gasteiger partial charge in [-0.15, -0.1) is 0 Å². The van der Waals surface area contributed by atoms with Crippen molar-refractivity contribution in [1.29, 1.82) is 0 Å². The van der Waals surface area contributed by atoms with Crippen molar-refractivity contribution in [3.8, 4) is 0 Å². The Hall–Kier alpha value is -1.23. The van der Waals surface area contributed by atoms with E-state index in [4.69, 9.17) is 16.3 Å². The van der Waals surface area contributed by atoms with Crippen molar-refractivity contribution in [2.45, 2.75) is 6.18 Å². The van der Waals surface area contributed by atoms with Crippen LogP contribution < -0.4 is 0 Å². The van der Waals surface area contributed by atoms with Crippen LogP contribution in [-0.4, -0.2) is 19.0 Å². The summed E-state index contributed by atoms with van der Waals surface area (Å²) in [5, 5.41) is -0.00419. The van der Waals surface area contributed by atoms with Crippen molar-refractivity contribution in [3.05, 3.63) is 34.3 Å². The molecular formula is C10H7ClF3NO. The summed E-state index contributed by atoms with van der Waals surface area (Å²) in [4.78, 5) is 3.85. The maximum absolute atomic E-state index is 12.7. The van der Waals surface area contributed by atoms with Crippen molar-refractivity contribution in [2.24, 2.45) is 4.99 Å². The molecule has 6 heteroatoms. The fraction of sp³-hybridized carbons (Fsp3) is 0.300. The van der Waals surface area contributed by atoms with Crippen molar-refractivity contribution < 1.29 is 17.9 Å². The third-order valence-corrected chi connectivity index (χ3v) is 2.43. The van der Waals surface area contributed by atoms with Crippen LogP contribution in [0.4, 0.5) is 13.2 Å². The number of alkyl halides is 3. The van der Waals surface area contributed by atoms with E-state index >= 15 is 0 Å². The van der Waals surface area contributed by atoms with E-state index in [0.29, 0.717) is 6.54 Å². The molecule has 0 aliphatic carbocycles. The first-order chi connectivity index (χ1) is 7.50. The van der Waals surface area contributed by atoms with Gasteiger partial charge in [0.2, 0.25) is 5.90 Å². The molecule has 2 rings (SSSR count). The molecule has 2 nitrogen and oxygen atoms in total. The maximum atomic E-state index is 12.7. The molecule has 0 atom stereocenters. The van der Waals surface area contributed by atoms with Gasteiger partial charge in [-0.25, -0.2) is 4.99 Å². The molecule has 0 aromatic heterocycles. The zero-order valence-electron chi connectivity index (χ0n) is 8.01. The molecule has 0 amide bonds. The highest BCUT2D eigenvalue weighted by atomic mass is 35.5. The molecule has 1 aromatic carbocycles. The Balaban J connectivity index is 2.57. The molecule has 0 radical (unpaired) electrons. The van der Waals surface area contributed by atoms with Gasteiger partial charge in [-0.2, -0.15) is 13.2 Å². The topological polar surface area (TPSA) is 21.6 Å². The lowest BCUT2D eigenvalue weighted by atomic mass is 10.1. The predicted molar refractivity (Wildman–Crippen MR) is 53.8 cm³/mol. The fourth-order valence-corrected chi connectivity index (χ4v) is 1.72. The molecule has 0 N–H and O–H groups in total. The quantitative estimate of drug-likeness (QED) is 0.749. The Kier molecular flexibility index (Phi) is 2.80. The number of hydrogen-bond donors (Lipinski definition) is 0. The van der Waals surface area contributed by atoms with Crippen molar-refractivity contribution in [3.63, 3.8) is 0 Å². The number of hydrogen-bond acceptors (Lipinski definition) is 2. The third kappa shape index (κ3) is 2.00. The fourth-order valence-electron chi connectivity index (χ4n) is 1.46. The van der Waals surface area contributed by atoms with Crippen molar-refractivity contribution in [2.75, 3.05) is 13.2 Å². The van der Waals surface area contributed by atoms with E-state index in [1.807, 2.05) is 0 Å². The summed E-state index contributed by atoms with van der Waals surface area (Å²) in [6.07, 6.45) is -4.46. The number of benzene rings is 1. The summed E-state index contributed by atoms with van der Waals surface area (Å²) in [6.45, 7) is 0.649. The molecule has 16 heavy (non-hydrogen) atoms. The smallest absolute Gasteiger partial charge is 0.417 e. The summed E-state index contributed by atoms with van der Waals surface area (Å²) in [6, 6.07) is 3.60. The van der Waals surface area contributed by atoms with Gasteiger partial charge in [-0.1, -0.05) is 17.7 Å². The summed E-state index contributed by atoms with van der Waals surface area (Å²) in [5.74, 6) is -0.0297. The molecule has 0 spiro atoms. The minimum atomic E-state index is -4.46. The van der Waals surface area contributed by atoms with Crippen LogP contribution in [0.3, 0.4) is 0 Å². The van der Waals surface area contributed by atoms with Crippen LogP contribution in [0.1, 0.15) is 11.1 Å². The summed E-state index contributed by atoms with van der Waals surface area (Å²) >= 11 is 5.75. The maximum Gasteiger partial charge on any atom is 0.417 e. The first kappa shape index (κ1) is 11.3. The third-order valence-electron chi connectivity index (χ3n) is 2.12. The average molecular weight is 250 g/mol. The second-order valence-electron chi connectivity index (χ2n) is 3.20. The Morgan fingerprint density at radius 2 is 2.06 bits per heavy atom. The first-order valence-electron chi connectivity index (χ1n) is 4.53. The number of nitrogens with zero attached hydrogens (tertiary/aromatic N) is 1. The summed E-state index contributed by atoms with van der Waals surface area (Å²) in [7, 11) is 0. The number of halogens is 4. The molecule has 0 fully saturated rings. The predicted octanol–water partition coefficient (Wildman–Crippen LogP) is 3.14.